The van der Waals surface area contributed by atoms with Gasteiger partial charge >= 0.3 is 0 Å². The number of halogens is 1. The molecule has 0 aliphatic carbocycles. The average Bonchev–Trinajstić information content (AvgIpc) is 1.84. The maximum Gasteiger partial charge on any atom is 0.0529 e. The smallest absolute Gasteiger partial charge is 0.0529 e. The van der Waals surface area contributed by atoms with Gasteiger partial charge in [-0.2, -0.15) is 11.8 Å². The number of nitrogens with zero attached hydrogens (tertiary/aromatic N) is 1. The summed E-state index contributed by atoms with van der Waals surface area (Å²) in [4.78, 5) is 2.44. The van der Waals surface area contributed by atoms with E-state index in [0.717, 1.165) is 0 Å². The first-order valence-electron chi connectivity index (χ1n) is 4.00. The van der Waals surface area contributed by atoms with Crippen molar-refractivity contribution in [2.45, 2.75) is 23.3 Å². The van der Waals surface area contributed by atoms with E-state index < -0.39 is 0 Å². The largest absolute Gasteiger partial charge is 0.303 e. The Morgan fingerprint density at radius 3 is 2.36 bits per heavy atom. The van der Waals surface area contributed by atoms with Gasteiger partial charge in [0, 0.05) is 24.1 Å². The molecule has 1 aliphatic heterocycles. The van der Waals surface area contributed by atoms with Gasteiger partial charge in [0.15, 0.2) is 0 Å². The van der Waals surface area contributed by atoms with E-state index in [2.05, 4.69) is 60.1 Å². The second-order valence-electron chi connectivity index (χ2n) is 3.65. The van der Waals surface area contributed by atoms with Gasteiger partial charge in [-0.15, -0.1) is 0 Å². The molecule has 0 atom stereocenters. The van der Waals surface area contributed by atoms with Crippen molar-refractivity contribution in [1.82, 2.24) is 4.90 Å². The van der Waals surface area contributed by atoms with Gasteiger partial charge < -0.3 is 4.90 Å². The third kappa shape index (κ3) is 2.77. The van der Waals surface area contributed by atoms with Crippen LogP contribution in [0, 0.1) is 0 Å². The van der Waals surface area contributed by atoms with Gasteiger partial charge in [0.1, 0.15) is 0 Å². The Morgan fingerprint density at radius 1 is 1.55 bits per heavy atom. The highest BCUT2D eigenvalue weighted by Crippen LogP contribution is 2.38. The van der Waals surface area contributed by atoms with Gasteiger partial charge in [0.2, 0.25) is 0 Å². The van der Waals surface area contributed by atoms with Crippen LogP contribution in [-0.4, -0.2) is 39.5 Å². The molecule has 1 rings (SSSR count). The number of thioether (sulfide) groups is 1. The lowest BCUT2D eigenvalue weighted by Crippen LogP contribution is -2.48. The molecule has 1 fully saturated rings. The number of hydrogen-bond donors (Lipinski definition) is 0. The molecule has 0 N–H and O–H groups in total. The number of hydrogen-bond acceptors (Lipinski definition) is 2. The molecule has 1 aliphatic rings. The molecular formula is C8H16INS. The van der Waals surface area contributed by atoms with Crippen LogP contribution in [0.15, 0.2) is 0 Å². The molecule has 0 aromatic heterocycles. The van der Waals surface area contributed by atoms with Crippen LogP contribution < -0.4 is 0 Å². The Labute approximate surface area is 87.4 Å². The molecule has 1 heterocycles. The summed E-state index contributed by atoms with van der Waals surface area (Å²) in [5, 5.41) is 0. The van der Waals surface area contributed by atoms with E-state index in [0.29, 0.717) is 9.46 Å². The van der Waals surface area contributed by atoms with E-state index in [1.54, 1.807) is 0 Å². The summed E-state index contributed by atoms with van der Waals surface area (Å²) < 4.78 is 0.585. The summed E-state index contributed by atoms with van der Waals surface area (Å²) >= 11 is 4.68. The fraction of sp³-hybridized carbons (Fsp3) is 1.00. The van der Waals surface area contributed by atoms with Crippen LogP contribution in [0.3, 0.4) is 0 Å². The van der Waals surface area contributed by atoms with E-state index in [-0.39, 0.29) is 0 Å². The third-order valence-corrected chi connectivity index (χ3v) is 5.79. The van der Waals surface area contributed by atoms with E-state index >= 15 is 0 Å². The maximum absolute atomic E-state index is 2.61. The van der Waals surface area contributed by atoms with Crippen molar-refractivity contribution in [2.75, 3.05) is 25.1 Å². The molecule has 0 aromatic carbocycles. The molecule has 0 bridgehead atoms. The SMILES string of the molecule is CC(C)N(C)CC1(I)CSC1. The van der Waals surface area contributed by atoms with Crippen LogP contribution in [0.1, 0.15) is 13.8 Å². The zero-order valence-corrected chi connectivity index (χ0v) is 10.4. The van der Waals surface area contributed by atoms with Gasteiger partial charge in [-0.1, -0.05) is 22.6 Å². The van der Waals surface area contributed by atoms with Crippen molar-refractivity contribution in [3.8, 4) is 0 Å². The van der Waals surface area contributed by atoms with E-state index in [9.17, 15) is 0 Å². The minimum atomic E-state index is 0.585. The van der Waals surface area contributed by atoms with E-state index in [1.165, 1.54) is 18.1 Å². The average molecular weight is 285 g/mol. The molecule has 0 saturated carbocycles. The molecule has 1 saturated heterocycles. The van der Waals surface area contributed by atoms with Crippen LogP contribution in [0.25, 0.3) is 0 Å². The van der Waals surface area contributed by atoms with E-state index in [4.69, 9.17) is 0 Å². The summed E-state index contributed by atoms with van der Waals surface area (Å²) in [7, 11) is 2.22. The standard InChI is InChI=1S/C8H16INS/c1-7(2)10(3)4-8(9)5-11-6-8/h7H,4-6H2,1-3H3. The molecular weight excluding hydrogens is 269 g/mol. The van der Waals surface area contributed by atoms with Crippen LogP contribution in [0.5, 0.6) is 0 Å². The topological polar surface area (TPSA) is 3.24 Å². The first-order chi connectivity index (χ1) is 5.03. The molecule has 3 heteroatoms. The van der Waals surface area contributed by atoms with Crippen molar-refractivity contribution in [1.29, 1.82) is 0 Å². The maximum atomic E-state index is 2.61. The quantitative estimate of drug-likeness (QED) is 0.578. The molecule has 0 radical (unpaired) electrons. The first kappa shape index (κ1) is 10.1. The van der Waals surface area contributed by atoms with Crippen molar-refractivity contribution in [2.24, 2.45) is 0 Å². The second-order valence-corrected chi connectivity index (χ2v) is 6.93. The number of rotatable bonds is 3. The Morgan fingerprint density at radius 2 is 2.09 bits per heavy atom. The minimum Gasteiger partial charge on any atom is -0.303 e. The van der Waals surface area contributed by atoms with E-state index in [1.807, 2.05) is 0 Å². The molecule has 11 heavy (non-hydrogen) atoms. The molecule has 0 aromatic rings. The Balaban J connectivity index is 2.29. The lowest BCUT2D eigenvalue weighted by atomic mass is 10.1. The Hall–Kier alpha value is 1.04. The highest BCUT2D eigenvalue weighted by Gasteiger charge is 2.35. The predicted molar refractivity (Wildman–Crippen MR) is 61.8 cm³/mol. The van der Waals surface area contributed by atoms with Crippen LogP contribution in [0.4, 0.5) is 0 Å². The van der Waals surface area contributed by atoms with Crippen LogP contribution in [-0.2, 0) is 0 Å². The molecule has 0 unspecified atom stereocenters. The third-order valence-electron chi connectivity index (χ3n) is 2.14. The lowest BCUT2D eigenvalue weighted by molar-refractivity contribution is 0.260. The van der Waals surface area contributed by atoms with Gasteiger partial charge in [0.25, 0.3) is 0 Å². The van der Waals surface area contributed by atoms with Crippen molar-refractivity contribution >= 4 is 34.4 Å². The van der Waals surface area contributed by atoms with Crippen molar-refractivity contribution in [3.05, 3.63) is 0 Å². The highest BCUT2D eigenvalue weighted by atomic mass is 127. The summed E-state index contributed by atoms with van der Waals surface area (Å²) in [6, 6.07) is 0.687. The zero-order valence-electron chi connectivity index (χ0n) is 7.43. The summed E-state index contributed by atoms with van der Waals surface area (Å²) in [6.07, 6.45) is 0. The fourth-order valence-electron chi connectivity index (χ4n) is 1.04. The minimum absolute atomic E-state index is 0.585. The van der Waals surface area contributed by atoms with Gasteiger partial charge in [-0.25, -0.2) is 0 Å². The van der Waals surface area contributed by atoms with Crippen molar-refractivity contribution < 1.29 is 0 Å². The monoisotopic (exact) mass is 285 g/mol. The summed E-state index contributed by atoms with van der Waals surface area (Å²) in [6.45, 7) is 5.76. The molecule has 0 spiro atoms. The lowest BCUT2D eigenvalue weighted by Gasteiger charge is -2.39. The van der Waals surface area contributed by atoms with Crippen LogP contribution in [0.2, 0.25) is 0 Å². The Kier molecular flexibility index (Phi) is 3.53. The van der Waals surface area contributed by atoms with Gasteiger partial charge in [0.05, 0.1) is 3.42 Å². The van der Waals surface area contributed by atoms with Gasteiger partial charge in [-0.3, -0.25) is 0 Å². The molecule has 0 amide bonds. The van der Waals surface area contributed by atoms with Crippen LogP contribution >= 0.6 is 34.4 Å². The predicted octanol–water partition coefficient (Wildman–Crippen LogP) is 2.25. The fourth-order valence-corrected chi connectivity index (χ4v) is 3.73. The van der Waals surface area contributed by atoms with Crippen molar-refractivity contribution in [3.63, 3.8) is 0 Å². The molecule has 1 nitrogen and oxygen atoms in total. The molecule has 66 valence electrons. The Bertz CT molecular complexity index is 134. The summed E-state index contributed by atoms with van der Waals surface area (Å²) in [5.74, 6) is 2.68. The summed E-state index contributed by atoms with van der Waals surface area (Å²) in [5.41, 5.74) is 0. The highest BCUT2D eigenvalue weighted by molar-refractivity contribution is 14.1. The first-order valence-corrected chi connectivity index (χ1v) is 6.24. The zero-order chi connectivity index (χ0) is 8.48. The van der Waals surface area contributed by atoms with Gasteiger partial charge in [-0.05, 0) is 20.9 Å². The number of alkyl halides is 1. The second kappa shape index (κ2) is 3.83. The normalized spacial score (nSPS) is 22.4.